The van der Waals surface area contributed by atoms with Gasteiger partial charge in [-0.15, -0.1) is 0 Å². The molecule has 0 aliphatic heterocycles. The van der Waals surface area contributed by atoms with E-state index in [1.54, 1.807) is 0 Å². The highest BCUT2D eigenvalue weighted by Gasteiger charge is 2.25. The molecule has 0 aromatic carbocycles. The molecule has 0 saturated heterocycles. The van der Waals surface area contributed by atoms with E-state index in [4.69, 9.17) is 0 Å². The molecule has 2 rings (SSSR count). The van der Waals surface area contributed by atoms with Crippen molar-refractivity contribution in [2.75, 3.05) is 0 Å². The lowest BCUT2D eigenvalue weighted by Gasteiger charge is -2.27. The van der Waals surface area contributed by atoms with Crippen molar-refractivity contribution in [2.24, 2.45) is 5.92 Å². The van der Waals surface area contributed by atoms with Crippen molar-refractivity contribution in [1.82, 2.24) is 15.3 Å². The molecular formula is C13H17N3O2. The molecule has 1 aromatic rings. The van der Waals surface area contributed by atoms with Gasteiger partial charge in [0.25, 0.3) is 5.91 Å². The number of hydrogen-bond donors (Lipinski definition) is 1. The number of aromatic nitrogens is 2. The second-order valence-electron chi connectivity index (χ2n) is 4.62. The second kappa shape index (κ2) is 6.23. The van der Waals surface area contributed by atoms with Gasteiger partial charge in [0.05, 0.1) is 12.2 Å². The highest BCUT2D eigenvalue weighted by atomic mass is 16.2. The summed E-state index contributed by atoms with van der Waals surface area (Å²) in [6, 6.07) is -0.403. The molecular weight excluding hydrogens is 230 g/mol. The molecule has 0 spiro atoms. The van der Waals surface area contributed by atoms with Crippen LogP contribution >= 0.6 is 0 Å². The molecule has 18 heavy (non-hydrogen) atoms. The molecule has 1 N–H and O–H groups in total. The van der Waals surface area contributed by atoms with Crippen LogP contribution in [0.4, 0.5) is 0 Å². The number of amides is 1. The first kappa shape index (κ1) is 12.7. The predicted octanol–water partition coefficient (Wildman–Crippen LogP) is 1.35. The van der Waals surface area contributed by atoms with Crippen LogP contribution < -0.4 is 5.32 Å². The molecule has 1 heterocycles. The number of hydrogen-bond acceptors (Lipinski definition) is 4. The minimum Gasteiger partial charge on any atom is -0.341 e. The number of nitrogens with zero attached hydrogens (tertiary/aromatic N) is 2. The van der Waals surface area contributed by atoms with Crippen LogP contribution in [0.15, 0.2) is 18.6 Å². The molecule has 96 valence electrons. The summed E-state index contributed by atoms with van der Waals surface area (Å²) in [5.74, 6) is -0.0670. The van der Waals surface area contributed by atoms with Gasteiger partial charge in [0.2, 0.25) is 0 Å². The van der Waals surface area contributed by atoms with Crippen molar-refractivity contribution in [3.8, 4) is 0 Å². The average Bonchev–Trinajstić information content (AvgIpc) is 2.46. The summed E-state index contributed by atoms with van der Waals surface area (Å²) in [5.41, 5.74) is 0.250. The van der Waals surface area contributed by atoms with Crippen LogP contribution in [0.2, 0.25) is 0 Å². The van der Waals surface area contributed by atoms with E-state index in [0.717, 1.165) is 32.0 Å². The zero-order valence-corrected chi connectivity index (χ0v) is 10.2. The third-order valence-electron chi connectivity index (χ3n) is 3.40. The lowest BCUT2D eigenvalue weighted by Crippen LogP contribution is -2.42. The predicted molar refractivity (Wildman–Crippen MR) is 65.9 cm³/mol. The fraction of sp³-hybridized carbons (Fsp3) is 0.538. The standard InChI is InChI=1S/C13H17N3O2/c17-9-12(10-4-2-1-3-5-10)16-13(18)11-8-14-6-7-15-11/h6-10,12H,1-5H2,(H,16,18)/t12-/m1/s1. The van der Waals surface area contributed by atoms with E-state index in [1.807, 2.05) is 0 Å². The smallest absolute Gasteiger partial charge is 0.272 e. The van der Waals surface area contributed by atoms with E-state index in [2.05, 4.69) is 15.3 Å². The molecule has 5 nitrogen and oxygen atoms in total. The van der Waals surface area contributed by atoms with Gasteiger partial charge in [0.15, 0.2) is 0 Å². The summed E-state index contributed by atoms with van der Waals surface area (Å²) < 4.78 is 0. The van der Waals surface area contributed by atoms with E-state index in [0.29, 0.717) is 0 Å². The van der Waals surface area contributed by atoms with Gasteiger partial charge in [0.1, 0.15) is 12.0 Å². The molecule has 5 heteroatoms. The Morgan fingerprint density at radius 3 is 2.72 bits per heavy atom. The minimum absolute atomic E-state index is 0.250. The lowest BCUT2D eigenvalue weighted by atomic mass is 9.84. The van der Waals surface area contributed by atoms with Gasteiger partial charge in [-0.1, -0.05) is 19.3 Å². The maximum Gasteiger partial charge on any atom is 0.272 e. The lowest BCUT2D eigenvalue weighted by molar-refractivity contribution is -0.110. The number of nitrogens with one attached hydrogen (secondary N) is 1. The first-order chi connectivity index (χ1) is 8.81. The Hall–Kier alpha value is -1.78. The SMILES string of the molecule is O=C[C@@H](NC(=O)c1cnccn1)C1CCCCC1. The largest absolute Gasteiger partial charge is 0.341 e. The Kier molecular flexibility index (Phi) is 4.39. The summed E-state index contributed by atoms with van der Waals surface area (Å²) in [7, 11) is 0. The van der Waals surface area contributed by atoms with Crippen molar-refractivity contribution in [2.45, 2.75) is 38.1 Å². The Bertz CT molecular complexity index is 402. The van der Waals surface area contributed by atoms with E-state index < -0.39 is 6.04 Å². The molecule has 1 fully saturated rings. The number of aldehydes is 1. The van der Waals surface area contributed by atoms with Gasteiger partial charge < -0.3 is 10.1 Å². The Morgan fingerprint density at radius 2 is 2.11 bits per heavy atom. The molecule has 1 saturated carbocycles. The zero-order chi connectivity index (χ0) is 12.8. The summed E-state index contributed by atoms with van der Waals surface area (Å²) in [4.78, 5) is 30.8. The molecule has 0 bridgehead atoms. The van der Waals surface area contributed by atoms with E-state index in [1.165, 1.54) is 25.0 Å². The topological polar surface area (TPSA) is 72.0 Å². The van der Waals surface area contributed by atoms with Crippen LogP contribution in [0.3, 0.4) is 0 Å². The highest BCUT2D eigenvalue weighted by molar-refractivity contribution is 5.93. The summed E-state index contributed by atoms with van der Waals surface area (Å²) in [6.07, 6.45) is 10.7. The maximum absolute atomic E-state index is 11.9. The van der Waals surface area contributed by atoms with Gasteiger partial charge in [-0.2, -0.15) is 0 Å². The summed E-state index contributed by atoms with van der Waals surface area (Å²) in [6.45, 7) is 0. The summed E-state index contributed by atoms with van der Waals surface area (Å²) >= 11 is 0. The quantitative estimate of drug-likeness (QED) is 0.815. The molecule has 1 amide bonds. The van der Waals surface area contributed by atoms with E-state index >= 15 is 0 Å². The van der Waals surface area contributed by atoms with E-state index in [9.17, 15) is 9.59 Å². The van der Waals surface area contributed by atoms with Crippen LogP contribution in [0, 0.1) is 5.92 Å². The number of carbonyl (C=O) groups is 2. The molecule has 1 aromatic heterocycles. The Morgan fingerprint density at radius 1 is 1.33 bits per heavy atom. The first-order valence-electron chi connectivity index (χ1n) is 6.33. The van der Waals surface area contributed by atoms with Crippen LogP contribution in [0.25, 0.3) is 0 Å². The molecule has 0 unspecified atom stereocenters. The van der Waals surface area contributed by atoms with Gasteiger partial charge >= 0.3 is 0 Å². The van der Waals surface area contributed by atoms with Gasteiger partial charge in [-0.05, 0) is 18.8 Å². The molecule has 1 atom stereocenters. The van der Waals surface area contributed by atoms with Crippen molar-refractivity contribution >= 4 is 12.2 Å². The molecule has 1 aliphatic carbocycles. The van der Waals surface area contributed by atoms with Crippen LogP contribution in [-0.4, -0.2) is 28.2 Å². The van der Waals surface area contributed by atoms with E-state index in [-0.39, 0.29) is 17.5 Å². The first-order valence-corrected chi connectivity index (χ1v) is 6.33. The monoisotopic (exact) mass is 247 g/mol. The van der Waals surface area contributed by atoms with Crippen LogP contribution in [0.1, 0.15) is 42.6 Å². The highest BCUT2D eigenvalue weighted by Crippen LogP contribution is 2.25. The summed E-state index contributed by atoms with van der Waals surface area (Å²) in [5, 5.41) is 2.74. The van der Waals surface area contributed by atoms with Crippen molar-refractivity contribution in [3.63, 3.8) is 0 Å². The van der Waals surface area contributed by atoms with Crippen molar-refractivity contribution in [1.29, 1.82) is 0 Å². The van der Waals surface area contributed by atoms with Gasteiger partial charge in [-0.25, -0.2) is 4.98 Å². The zero-order valence-electron chi connectivity index (χ0n) is 10.2. The van der Waals surface area contributed by atoms with Crippen molar-refractivity contribution in [3.05, 3.63) is 24.3 Å². The van der Waals surface area contributed by atoms with Gasteiger partial charge in [-0.3, -0.25) is 9.78 Å². The fourth-order valence-corrected chi connectivity index (χ4v) is 2.40. The average molecular weight is 247 g/mol. The maximum atomic E-state index is 11.9. The normalized spacial score (nSPS) is 18.0. The Labute approximate surface area is 106 Å². The molecule has 1 aliphatic rings. The second-order valence-corrected chi connectivity index (χ2v) is 4.62. The minimum atomic E-state index is -0.403. The number of rotatable bonds is 4. The van der Waals surface area contributed by atoms with Crippen LogP contribution in [0.5, 0.6) is 0 Å². The van der Waals surface area contributed by atoms with Crippen molar-refractivity contribution < 1.29 is 9.59 Å². The Balaban J connectivity index is 1.97. The third kappa shape index (κ3) is 3.12. The van der Waals surface area contributed by atoms with Crippen LogP contribution in [-0.2, 0) is 4.79 Å². The van der Waals surface area contributed by atoms with Gasteiger partial charge in [0, 0.05) is 12.4 Å². The third-order valence-corrected chi connectivity index (χ3v) is 3.40. The molecule has 0 radical (unpaired) electrons. The fourth-order valence-electron chi connectivity index (χ4n) is 2.40. The number of carbonyl (C=O) groups excluding carboxylic acids is 2.